The Bertz CT molecular complexity index is 611. The van der Waals surface area contributed by atoms with E-state index in [1.807, 2.05) is 36.5 Å². The van der Waals surface area contributed by atoms with Crippen LogP contribution in [0.1, 0.15) is 12.0 Å². The largest absolute Gasteiger partial charge is 0.361 e. The zero-order chi connectivity index (χ0) is 13.7. The number of aromatic amines is 1. The van der Waals surface area contributed by atoms with Gasteiger partial charge in [0, 0.05) is 23.6 Å². The molecule has 4 N–H and O–H groups in total. The Labute approximate surface area is 111 Å². The molecule has 0 unspecified atom stereocenters. The van der Waals surface area contributed by atoms with Crippen molar-refractivity contribution in [2.75, 3.05) is 6.54 Å². The first kappa shape index (κ1) is 13.1. The van der Waals surface area contributed by atoms with Crippen LogP contribution in [0.2, 0.25) is 0 Å². The standard InChI is InChI=1S/C14H16N4O/c15-6-3-7-17-14(19)12(16)8-10-9-18-13-5-2-1-4-11(10)13/h1-2,4-5,9,12,18H,3,7-8,16H2,(H,17,19)/t12-/m0/s1. The van der Waals surface area contributed by atoms with Crippen LogP contribution < -0.4 is 11.1 Å². The number of nitrogens with zero attached hydrogens (tertiary/aromatic N) is 1. The molecule has 0 saturated carbocycles. The first-order chi connectivity index (χ1) is 9.22. The van der Waals surface area contributed by atoms with Gasteiger partial charge in [0.05, 0.1) is 18.5 Å². The van der Waals surface area contributed by atoms with Gasteiger partial charge in [-0.15, -0.1) is 0 Å². The van der Waals surface area contributed by atoms with Gasteiger partial charge in [0.1, 0.15) is 0 Å². The van der Waals surface area contributed by atoms with Gasteiger partial charge in [0.2, 0.25) is 5.91 Å². The van der Waals surface area contributed by atoms with Crippen molar-refractivity contribution < 1.29 is 4.79 Å². The molecule has 0 aliphatic rings. The molecule has 0 spiro atoms. The summed E-state index contributed by atoms with van der Waals surface area (Å²) in [5.74, 6) is -0.222. The molecule has 1 aromatic carbocycles. The van der Waals surface area contributed by atoms with Crippen molar-refractivity contribution in [3.05, 3.63) is 36.0 Å². The fourth-order valence-corrected chi connectivity index (χ4v) is 2.00. The van der Waals surface area contributed by atoms with E-state index in [4.69, 9.17) is 11.0 Å². The molecule has 0 radical (unpaired) electrons. The average Bonchev–Trinajstić information content (AvgIpc) is 2.82. The van der Waals surface area contributed by atoms with E-state index in [-0.39, 0.29) is 5.91 Å². The molecule has 0 bridgehead atoms. The molecule has 0 saturated heterocycles. The van der Waals surface area contributed by atoms with Crippen molar-refractivity contribution in [1.82, 2.24) is 10.3 Å². The predicted octanol–water partition coefficient (Wildman–Crippen LogP) is 1.07. The molecule has 1 amide bonds. The lowest BCUT2D eigenvalue weighted by molar-refractivity contribution is -0.122. The number of aromatic nitrogens is 1. The molecule has 5 heteroatoms. The minimum atomic E-state index is -0.599. The third-order valence-electron chi connectivity index (χ3n) is 2.99. The van der Waals surface area contributed by atoms with Crippen molar-refractivity contribution in [3.8, 4) is 6.07 Å². The van der Waals surface area contributed by atoms with Gasteiger partial charge in [0.25, 0.3) is 0 Å². The van der Waals surface area contributed by atoms with E-state index in [1.165, 1.54) is 0 Å². The zero-order valence-electron chi connectivity index (χ0n) is 10.5. The van der Waals surface area contributed by atoms with Gasteiger partial charge in [-0.2, -0.15) is 5.26 Å². The van der Waals surface area contributed by atoms with Crippen molar-refractivity contribution >= 4 is 16.8 Å². The molecule has 5 nitrogen and oxygen atoms in total. The Morgan fingerprint density at radius 2 is 2.26 bits per heavy atom. The normalized spacial score (nSPS) is 12.0. The van der Waals surface area contributed by atoms with E-state index in [0.29, 0.717) is 19.4 Å². The summed E-state index contributed by atoms with van der Waals surface area (Å²) in [4.78, 5) is 14.9. The van der Waals surface area contributed by atoms with Crippen molar-refractivity contribution in [1.29, 1.82) is 5.26 Å². The van der Waals surface area contributed by atoms with Gasteiger partial charge in [0.15, 0.2) is 0 Å². The van der Waals surface area contributed by atoms with Crippen molar-refractivity contribution in [2.45, 2.75) is 18.9 Å². The molecule has 0 fully saturated rings. The monoisotopic (exact) mass is 256 g/mol. The zero-order valence-corrected chi connectivity index (χ0v) is 10.5. The Morgan fingerprint density at radius 3 is 3.05 bits per heavy atom. The molecule has 0 aliphatic carbocycles. The summed E-state index contributed by atoms with van der Waals surface area (Å²) in [6.07, 6.45) is 2.65. The molecule has 2 aromatic rings. The molecule has 19 heavy (non-hydrogen) atoms. The summed E-state index contributed by atoms with van der Waals surface area (Å²) in [7, 11) is 0. The van der Waals surface area contributed by atoms with E-state index < -0.39 is 6.04 Å². The number of carbonyl (C=O) groups is 1. The van der Waals surface area contributed by atoms with Crippen LogP contribution in [0, 0.1) is 11.3 Å². The molecule has 1 aromatic heterocycles. The molecule has 98 valence electrons. The van der Waals surface area contributed by atoms with Gasteiger partial charge in [-0.25, -0.2) is 0 Å². The average molecular weight is 256 g/mol. The number of amides is 1. The quantitative estimate of drug-likeness (QED) is 0.698. The summed E-state index contributed by atoms with van der Waals surface area (Å²) in [6, 6.07) is 9.27. The highest BCUT2D eigenvalue weighted by atomic mass is 16.2. The number of hydrogen-bond acceptors (Lipinski definition) is 3. The van der Waals surface area contributed by atoms with Gasteiger partial charge >= 0.3 is 0 Å². The smallest absolute Gasteiger partial charge is 0.237 e. The van der Waals surface area contributed by atoms with E-state index >= 15 is 0 Å². The number of nitrogens with one attached hydrogen (secondary N) is 2. The summed E-state index contributed by atoms with van der Waals surface area (Å²) < 4.78 is 0. The third kappa shape index (κ3) is 3.12. The van der Waals surface area contributed by atoms with Crippen LogP contribution in [0.4, 0.5) is 0 Å². The lowest BCUT2D eigenvalue weighted by Crippen LogP contribution is -2.42. The van der Waals surface area contributed by atoms with E-state index in [1.54, 1.807) is 0 Å². The minimum absolute atomic E-state index is 0.222. The molecular formula is C14H16N4O. The van der Waals surface area contributed by atoms with Crippen LogP contribution in [-0.4, -0.2) is 23.5 Å². The Hall–Kier alpha value is -2.32. The van der Waals surface area contributed by atoms with Crippen LogP contribution in [0.15, 0.2) is 30.5 Å². The number of H-pyrrole nitrogens is 1. The van der Waals surface area contributed by atoms with Gasteiger partial charge < -0.3 is 16.0 Å². The third-order valence-corrected chi connectivity index (χ3v) is 2.99. The number of rotatable bonds is 5. The van der Waals surface area contributed by atoms with Gasteiger partial charge in [-0.3, -0.25) is 4.79 Å². The fraction of sp³-hybridized carbons (Fsp3) is 0.286. The highest BCUT2D eigenvalue weighted by molar-refractivity contribution is 5.86. The maximum absolute atomic E-state index is 11.7. The van der Waals surface area contributed by atoms with Crippen LogP contribution in [0.3, 0.4) is 0 Å². The summed E-state index contributed by atoms with van der Waals surface area (Å²) in [5, 5.41) is 12.1. The number of fused-ring (bicyclic) bond motifs is 1. The van der Waals surface area contributed by atoms with Crippen LogP contribution in [0.25, 0.3) is 10.9 Å². The lowest BCUT2D eigenvalue weighted by atomic mass is 10.1. The number of carbonyl (C=O) groups excluding carboxylic acids is 1. The summed E-state index contributed by atoms with van der Waals surface area (Å²) >= 11 is 0. The van der Waals surface area contributed by atoms with E-state index in [2.05, 4.69) is 10.3 Å². The van der Waals surface area contributed by atoms with Crippen molar-refractivity contribution in [2.24, 2.45) is 5.73 Å². The second-order valence-electron chi connectivity index (χ2n) is 4.37. The Balaban J connectivity index is 2.00. The van der Waals surface area contributed by atoms with Crippen LogP contribution >= 0.6 is 0 Å². The maximum atomic E-state index is 11.7. The molecular weight excluding hydrogens is 240 g/mol. The second-order valence-corrected chi connectivity index (χ2v) is 4.37. The second kappa shape index (κ2) is 6.03. The first-order valence-corrected chi connectivity index (χ1v) is 6.17. The number of para-hydroxylation sites is 1. The summed E-state index contributed by atoms with van der Waals surface area (Å²) in [6.45, 7) is 0.344. The van der Waals surface area contributed by atoms with E-state index in [0.717, 1.165) is 16.5 Å². The lowest BCUT2D eigenvalue weighted by Gasteiger charge is -2.10. The number of hydrogen-bond donors (Lipinski definition) is 3. The van der Waals surface area contributed by atoms with Crippen molar-refractivity contribution in [3.63, 3.8) is 0 Å². The number of nitriles is 1. The van der Waals surface area contributed by atoms with Gasteiger partial charge in [-0.1, -0.05) is 18.2 Å². The van der Waals surface area contributed by atoms with Crippen LogP contribution in [0.5, 0.6) is 0 Å². The van der Waals surface area contributed by atoms with E-state index in [9.17, 15) is 4.79 Å². The predicted molar refractivity (Wildman–Crippen MR) is 73.2 cm³/mol. The van der Waals surface area contributed by atoms with Crippen LogP contribution in [-0.2, 0) is 11.2 Å². The minimum Gasteiger partial charge on any atom is -0.361 e. The molecule has 2 rings (SSSR count). The summed E-state index contributed by atoms with van der Waals surface area (Å²) in [5.41, 5.74) is 7.94. The van der Waals surface area contributed by atoms with Gasteiger partial charge in [-0.05, 0) is 18.1 Å². The maximum Gasteiger partial charge on any atom is 0.237 e. The Kier molecular flexibility index (Phi) is 4.16. The SMILES string of the molecule is N#CCCNC(=O)[C@@H](N)Cc1c[nH]c2ccccc12. The number of nitrogens with two attached hydrogens (primary N) is 1. The molecule has 1 heterocycles. The fourth-order valence-electron chi connectivity index (χ4n) is 2.00. The topological polar surface area (TPSA) is 94.7 Å². The Morgan fingerprint density at radius 1 is 1.47 bits per heavy atom. The molecule has 1 atom stereocenters. The molecule has 0 aliphatic heterocycles. The highest BCUT2D eigenvalue weighted by Gasteiger charge is 2.15. The number of benzene rings is 1. The first-order valence-electron chi connectivity index (χ1n) is 6.17. The highest BCUT2D eigenvalue weighted by Crippen LogP contribution is 2.18.